The maximum absolute atomic E-state index is 13.4. The van der Waals surface area contributed by atoms with Crippen LogP contribution >= 0.6 is 0 Å². The lowest BCUT2D eigenvalue weighted by Crippen LogP contribution is -2.43. The van der Waals surface area contributed by atoms with Gasteiger partial charge < -0.3 is 28.7 Å². The summed E-state index contributed by atoms with van der Waals surface area (Å²) in [6.45, 7) is 8.74. The molecule has 13 nitrogen and oxygen atoms in total. The molecule has 47 heavy (non-hydrogen) atoms. The van der Waals surface area contributed by atoms with Gasteiger partial charge in [-0.15, -0.1) is 0 Å². The van der Waals surface area contributed by atoms with Gasteiger partial charge in [-0.3, -0.25) is 18.9 Å². The minimum absolute atomic E-state index is 0.00235. The van der Waals surface area contributed by atoms with Crippen LogP contribution < -0.4 is 20.6 Å². The molecule has 1 aliphatic rings. The summed E-state index contributed by atoms with van der Waals surface area (Å²) in [5.41, 5.74) is 1.27. The minimum atomic E-state index is -3.57. The fourth-order valence-corrected chi connectivity index (χ4v) is 6.05. The maximum atomic E-state index is 13.4. The molecule has 0 radical (unpaired) electrons. The number of aromatic amines is 1. The van der Waals surface area contributed by atoms with Crippen molar-refractivity contribution in [1.29, 1.82) is 0 Å². The van der Waals surface area contributed by atoms with Crippen LogP contribution in [0.2, 0.25) is 0 Å². The van der Waals surface area contributed by atoms with E-state index in [4.69, 9.17) is 14.2 Å². The van der Waals surface area contributed by atoms with E-state index in [1.807, 2.05) is 20.8 Å². The van der Waals surface area contributed by atoms with Crippen LogP contribution in [0.5, 0.6) is 5.75 Å². The number of carbonyl (C=O) groups is 1. The van der Waals surface area contributed by atoms with Crippen molar-refractivity contribution in [2.24, 2.45) is 7.05 Å². The Hall–Kier alpha value is -4.56. The molecule has 1 fully saturated rings. The summed E-state index contributed by atoms with van der Waals surface area (Å²) >= 11 is 0. The van der Waals surface area contributed by atoms with Crippen molar-refractivity contribution < 1.29 is 27.4 Å². The van der Waals surface area contributed by atoms with E-state index >= 15 is 0 Å². The predicted molar refractivity (Wildman–Crippen MR) is 180 cm³/mol. The summed E-state index contributed by atoms with van der Waals surface area (Å²) < 4.78 is 47.4. The average molecular weight is 668 g/mol. The van der Waals surface area contributed by atoms with Gasteiger partial charge in [0.1, 0.15) is 23.5 Å². The van der Waals surface area contributed by atoms with E-state index in [1.54, 1.807) is 67.8 Å². The van der Waals surface area contributed by atoms with Crippen molar-refractivity contribution in [3.63, 3.8) is 0 Å². The molecule has 0 spiro atoms. The van der Waals surface area contributed by atoms with Crippen LogP contribution in [-0.4, -0.2) is 77.3 Å². The van der Waals surface area contributed by atoms with Crippen LogP contribution in [0.15, 0.2) is 64.6 Å². The van der Waals surface area contributed by atoms with Gasteiger partial charge in [0.05, 0.1) is 24.2 Å². The molecule has 1 saturated heterocycles. The quantitative estimate of drug-likeness (QED) is 0.238. The van der Waals surface area contributed by atoms with Gasteiger partial charge in [0.15, 0.2) is 0 Å². The molecule has 0 aliphatic carbocycles. The largest absolute Gasteiger partial charge is 0.491 e. The van der Waals surface area contributed by atoms with Gasteiger partial charge in [0.25, 0.3) is 11.1 Å². The Kier molecular flexibility index (Phi) is 9.82. The second-order valence-corrected chi connectivity index (χ2v) is 14.4. The normalized spacial score (nSPS) is 14.4. The molecule has 0 saturated carbocycles. The Bertz CT molecular complexity index is 1980. The number of nitrogens with zero attached hydrogens (tertiary/aromatic N) is 3. The molecule has 5 rings (SSSR count). The second-order valence-electron chi connectivity index (χ2n) is 12.4. The first-order valence-electron chi connectivity index (χ1n) is 15.5. The van der Waals surface area contributed by atoms with Gasteiger partial charge in [-0.05, 0) is 70.9 Å². The Labute approximate surface area is 273 Å². The zero-order chi connectivity index (χ0) is 33.9. The molecule has 1 amide bonds. The Balaban J connectivity index is 1.30. The van der Waals surface area contributed by atoms with Gasteiger partial charge in [-0.1, -0.05) is 0 Å². The number of anilines is 1. The fraction of sp³-hybridized carbons (Fsp3) is 0.424. The van der Waals surface area contributed by atoms with Gasteiger partial charge in [0.2, 0.25) is 10.0 Å². The molecule has 4 heterocycles. The van der Waals surface area contributed by atoms with Gasteiger partial charge in [0, 0.05) is 67.0 Å². The number of carbonyl (C=O) groups excluding carboxylic acids is 1. The molecule has 0 atom stereocenters. The molecule has 14 heteroatoms. The average Bonchev–Trinajstić information content (AvgIpc) is 3.51. The standard InChI is InChI=1S/C33H41N5O8S/c1-6-47(42,43)35-22-7-8-28(26(19-22)27-21-36(5)31(40)30-25(27)9-13-34-30)38-16-12-24(20-29(38)39)45-18-17-44-23-10-14-37(15-11-23)32(41)46-33(2,3)4/h7-9,12-13,16,19-21,23,34-35H,6,10-11,14-15,17-18H2,1-5H3. The summed E-state index contributed by atoms with van der Waals surface area (Å²) in [7, 11) is -1.94. The number of hydrogen-bond acceptors (Lipinski definition) is 8. The monoisotopic (exact) mass is 667 g/mol. The van der Waals surface area contributed by atoms with Crippen LogP contribution in [0.4, 0.5) is 10.5 Å². The number of fused-ring (bicyclic) bond motifs is 1. The number of hydrogen-bond donors (Lipinski definition) is 2. The first-order chi connectivity index (χ1) is 22.2. The number of H-pyrrole nitrogens is 1. The summed E-state index contributed by atoms with van der Waals surface area (Å²) in [5.74, 6) is 0.268. The van der Waals surface area contributed by atoms with Gasteiger partial charge in [-0.2, -0.15) is 0 Å². The van der Waals surface area contributed by atoms with Gasteiger partial charge in [-0.25, -0.2) is 13.2 Å². The lowest BCUT2D eigenvalue weighted by atomic mass is 10.0. The lowest BCUT2D eigenvalue weighted by Gasteiger charge is -2.33. The van der Waals surface area contributed by atoms with Crippen LogP contribution in [0.3, 0.4) is 0 Å². The summed E-state index contributed by atoms with van der Waals surface area (Å²) in [6.07, 6.45) is 5.99. The van der Waals surface area contributed by atoms with E-state index in [2.05, 4.69) is 9.71 Å². The molecule has 3 aromatic heterocycles. The van der Waals surface area contributed by atoms with Crippen LogP contribution in [-0.2, 0) is 26.5 Å². The van der Waals surface area contributed by atoms with Crippen molar-refractivity contribution >= 4 is 32.7 Å². The Morgan fingerprint density at radius 3 is 2.47 bits per heavy atom. The Morgan fingerprint density at radius 2 is 1.79 bits per heavy atom. The SMILES string of the molecule is CCS(=O)(=O)Nc1ccc(-n2ccc(OCCOC3CCN(C(=O)OC(C)(C)C)CC3)cc2=O)c(-c2cn(C)c(=O)c3[nH]ccc23)c1. The second kappa shape index (κ2) is 13.7. The number of sulfonamides is 1. The molecule has 0 bridgehead atoms. The molecule has 252 valence electrons. The third kappa shape index (κ3) is 8.06. The van der Waals surface area contributed by atoms with Crippen molar-refractivity contribution in [3.05, 3.63) is 75.7 Å². The van der Waals surface area contributed by atoms with Crippen molar-refractivity contribution in [2.75, 3.05) is 36.8 Å². The zero-order valence-corrected chi connectivity index (χ0v) is 28.1. The van der Waals surface area contributed by atoms with Crippen molar-refractivity contribution in [1.82, 2.24) is 19.0 Å². The number of ether oxygens (including phenoxy) is 3. The summed E-state index contributed by atoms with van der Waals surface area (Å²) in [4.78, 5) is 43.1. The highest BCUT2D eigenvalue weighted by Crippen LogP contribution is 2.34. The fourth-order valence-electron chi connectivity index (χ4n) is 5.42. The van der Waals surface area contributed by atoms with E-state index in [1.165, 1.54) is 15.2 Å². The summed E-state index contributed by atoms with van der Waals surface area (Å²) in [6, 6.07) is 9.73. The van der Waals surface area contributed by atoms with E-state index in [9.17, 15) is 22.8 Å². The maximum Gasteiger partial charge on any atom is 0.410 e. The number of pyridine rings is 2. The summed E-state index contributed by atoms with van der Waals surface area (Å²) in [5, 5.41) is 0.633. The first-order valence-corrected chi connectivity index (χ1v) is 17.2. The third-order valence-corrected chi connectivity index (χ3v) is 9.09. The number of amides is 1. The molecular weight excluding hydrogens is 626 g/mol. The lowest BCUT2D eigenvalue weighted by molar-refractivity contribution is -0.0177. The highest BCUT2D eigenvalue weighted by molar-refractivity contribution is 7.92. The molecule has 4 aromatic rings. The van der Waals surface area contributed by atoms with Crippen molar-refractivity contribution in [3.8, 4) is 22.6 Å². The van der Waals surface area contributed by atoms with E-state index < -0.39 is 15.6 Å². The number of benzene rings is 1. The highest BCUT2D eigenvalue weighted by atomic mass is 32.2. The van der Waals surface area contributed by atoms with Crippen LogP contribution in [0, 0.1) is 0 Å². The number of aromatic nitrogens is 3. The van der Waals surface area contributed by atoms with Crippen LogP contribution in [0.1, 0.15) is 40.5 Å². The molecule has 1 aromatic carbocycles. The Morgan fingerprint density at radius 1 is 1.04 bits per heavy atom. The molecular formula is C33H41N5O8S. The van der Waals surface area contributed by atoms with Crippen molar-refractivity contribution in [2.45, 2.75) is 52.2 Å². The topological polar surface area (TPSA) is 154 Å². The number of nitrogens with one attached hydrogen (secondary N) is 2. The highest BCUT2D eigenvalue weighted by Gasteiger charge is 2.27. The number of piperidine rings is 1. The predicted octanol–water partition coefficient (Wildman–Crippen LogP) is 4.24. The van der Waals surface area contributed by atoms with E-state index in [-0.39, 0.29) is 35.7 Å². The number of rotatable bonds is 10. The minimum Gasteiger partial charge on any atom is -0.491 e. The molecule has 2 N–H and O–H groups in total. The molecule has 0 unspecified atom stereocenters. The van der Waals surface area contributed by atoms with E-state index in [0.717, 1.165) is 0 Å². The third-order valence-electron chi connectivity index (χ3n) is 7.78. The zero-order valence-electron chi connectivity index (χ0n) is 27.2. The smallest absolute Gasteiger partial charge is 0.410 e. The van der Waals surface area contributed by atoms with Crippen LogP contribution in [0.25, 0.3) is 27.7 Å². The number of aryl methyl sites for hydroxylation is 1. The van der Waals surface area contributed by atoms with Gasteiger partial charge >= 0.3 is 6.09 Å². The molecule has 1 aliphatic heterocycles. The van der Waals surface area contributed by atoms with E-state index in [0.29, 0.717) is 71.7 Å². The number of likely N-dealkylation sites (tertiary alicyclic amines) is 1. The first kappa shape index (κ1) is 33.8.